The summed E-state index contributed by atoms with van der Waals surface area (Å²) < 4.78 is 37.5. The minimum absolute atomic E-state index is 0.370. The van der Waals surface area contributed by atoms with Crippen molar-refractivity contribution in [1.82, 2.24) is 4.90 Å². The second kappa shape index (κ2) is 6.59. The van der Waals surface area contributed by atoms with Gasteiger partial charge in [0.05, 0.1) is 0 Å². The molecule has 1 fully saturated rings. The topological polar surface area (TPSA) is 23.5 Å². The molecule has 1 aliphatic rings. The summed E-state index contributed by atoms with van der Waals surface area (Å²) in [6.45, 7) is 3.95. The first-order valence-electron chi connectivity index (χ1n) is 6.42. The summed E-state index contributed by atoms with van der Waals surface area (Å²) >= 11 is 0. The number of rotatable bonds is 5. The first-order chi connectivity index (χ1) is 7.95. The number of aliphatic hydroxyl groups is 1. The van der Waals surface area contributed by atoms with Gasteiger partial charge in [-0.1, -0.05) is 19.8 Å². The third-order valence-corrected chi connectivity index (χ3v) is 3.38. The van der Waals surface area contributed by atoms with Crippen molar-refractivity contribution in [2.45, 2.75) is 51.3 Å². The van der Waals surface area contributed by atoms with Crippen molar-refractivity contribution in [3.8, 4) is 0 Å². The van der Waals surface area contributed by atoms with E-state index in [0.29, 0.717) is 19.4 Å². The maximum atomic E-state index is 12.5. The first-order valence-corrected chi connectivity index (χ1v) is 6.42. The molecule has 0 aromatic heterocycles. The van der Waals surface area contributed by atoms with Crippen LogP contribution in [0.15, 0.2) is 0 Å². The molecule has 2 nitrogen and oxygen atoms in total. The van der Waals surface area contributed by atoms with E-state index in [0.717, 1.165) is 32.4 Å². The van der Waals surface area contributed by atoms with Crippen molar-refractivity contribution in [3.05, 3.63) is 0 Å². The quantitative estimate of drug-likeness (QED) is 0.814. The highest BCUT2D eigenvalue weighted by atomic mass is 19.4. The number of likely N-dealkylation sites (tertiary alicyclic amines) is 1. The number of hydrogen-bond acceptors (Lipinski definition) is 2. The zero-order valence-corrected chi connectivity index (χ0v) is 10.3. The Balaban J connectivity index is 2.52. The second-order valence-electron chi connectivity index (χ2n) is 4.90. The lowest BCUT2D eigenvalue weighted by atomic mass is 9.95. The number of hydrogen-bond donors (Lipinski definition) is 1. The molecule has 0 aliphatic carbocycles. The van der Waals surface area contributed by atoms with Crippen molar-refractivity contribution in [2.75, 3.05) is 19.6 Å². The van der Waals surface area contributed by atoms with Crippen molar-refractivity contribution in [3.63, 3.8) is 0 Å². The van der Waals surface area contributed by atoms with E-state index in [1.165, 1.54) is 0 Å². The average Bonchev–Trinajstić information content (AvgIpc) is 2.28. The molecule has 0 bridgehead atoms. The van der Waals surface area contributed by atoms with Gasteiger partial charge in [0, 0.05) is 12.5 Å². The number of halogens is 3. The Morgan fingerprint density at radius 1 is 1.18 bits per heavy atom. The second-order valence-corrected chi connectivity index (χ2v) is 4.90. The smallest absolute Gasteiger partial charge is 0.383 e. The standard InChI is InChI=1S/C12H22F3NO/c1-2-6-10(11(17)12(13,14)15)9-16-7-4-3-5-8-16/h10-11,17H,2-9H2,1H3. The molecule has 0 aromatic rings. The van der Waals surface area contributed by atoms with Crippen LogP contribution in [0.25, 0.3) is 0 Å². The maximum Gasteiger partial charge on any atom is 0.414 e. The van der Waals surface area contributed by atoms with Crippen molar-refractivity contribution in [1.29, 1.82) is 0 Å². The molecule has 1 heterocycles. The molecule has 17 heavy (non-hydrogen) atoms. The lowest BCUT2D eigenvalue weighted by Gasteiger charge is -2.33. The summed E-state index contributed by atoms with van der Waals surface area (Å²) in [5.74, 6) is -0.682. The minimum Gasteiger partial charge on any atom is -0.383 e. The molecule has 0 radical (unpaired) electrons. The Morgan fingerprint density at radius 3 is 2.24 bits per heavy atom. The van der Waals surface area contributed by atoms with E-state index >= 15 is 0 Å². The van der Waals surface area contributed by atoms with Crippen molar-refractivity contribution < 1.29 is 18.3 Å². The van der Waals surface area contributed by atoms with Crippen LogP contribution in [0.5, 0.6) is 0 Å². The Bertz CT molecular complexity index is 214. The van der Waals surface area contributed by atoms with E-state index in [4.69, 9.17) is 0 Å². The maximum absolute atomic E-state index is 12.5. The van der Waals surface area contributed by atoms with E-state index in [1.54, 1.807) is 0 Å². The lowest BCUT2D eigenvalue weighted by molar-refractivity contribution is -0.221. The lowest BCUT2D eigenvalue weighted by Crippen LogP contribution is -2.43. The highest BCUT2D eigenvalue weighted by Crippen LogP contribution is 2.29. The van der Waals surface area contributed by atoms with E-state index in [9.17, 15) is 18.3 Å². The van der Waals surface area contributed by atoms with Crippen LogP contribution in [0.4, 0.5) is 13.2 Å². The van der Waals surface area contributed by atoms with E-state index in [-0.39, 0.29) is 0 Å². The summed E-state index contributed by atoms with van der Waals surface area (Å²) in [6.07, 6.45) is -2.29. The zero-order chi connectivity index (χ0) is 12.9. The summed E-state index contributed by atoms with van der Waals surface area (Å²) in [5, 5.41) is 9.36. The first kappa shape index (κ1) is 14.8. The van der Waals surface area contributed by atoms with Gasteiger partial charge in [0.25, 0.3) is 0 Å². The number of alkyl halides is 3. The van der Waals surface area contributed by atoms with Crippen LogP contribution in [0.1, 0.15) is 39.0 Å². The van der Waals surface area contributed by atoms with Crippen LogP contribution in [0.3, 0.4) is 0 Å². The molecule has 0 saturated carbocycles. The molecule has 2 unspecified atom stereocenters. The predicted octanol–water partition coefficient (Wildman–Crippen LogP) is 2.81. The molecule has 1 rings (SSSR count). The van der Waals surface area contributed by atoms with Gasteiger partial charge in [0.2, 0.25) is 0 Å². The molecule has 2 atom stereocenters. The van der Waals surface area contributed by atoms with Gasteiger partial charge in [-0.15, -0.1) is 0 Å². The summed E-state index contributed by atoms with van der Waals surface area (Å²) in [4.78, 5) is 2.05. The normalized spacial score (nSPS) is 22.4. The molecule has 1 saturated heterocycles. The molecule has 1 N–H and O–H groups in total. The van der Waals surface area contributed by atoms with Crippen LogP contribution in [-0.2, 0) is 0 Å². The molecular weight excluding hydrogens is 231 g/mol. The third kappa shape index (κ3) is 4.84. The Labute approximate surface area is 101 Å². The fourth-order valence-corrected chi connectivity index (χ4v) is 2.46. The van der Waals surface area contributed by atoms with E-state index in [1.807, 2.05) is 6.92 Å². The summed E-state index contributed by atoms with van der Waals surface area (Å²) in [7, 11) is 0. The van der Waals surface area contributed by atoms with E-state index < -0.39 is 18.2 Å². The largest absolute Gasteiger partial charge is 0.414 e. The van der Waals surface area contributed by atoms with Crippen LogP contribution in [0, 0.1) is 5.92 Å². The molecule has 1 aliphatic heterocycles. The highest BCUT2D eigenvalue weighted by Gasteiger charge is 2.43. The number of piperidine rings is 1. The van der Waals surface area contributed by atoms with Crippen LogP contribution < -0.4 is 0 Å². The van der Waals surface area contributed by atoms with Gasteiger partial charge in [-0.05, 0) is 32.4 Å². The molecule has 0 spiro atoms. The summed E-state index contributed by atoms with van der Waals surface area (Å²) in [6, 6.07) is 0. The van der Waals surface area contributed by atoms with E-state index in [2.05, 4.69) is 4.90 Å². The van der Waals surface area contributed by atoms with Gasteiger partial charge in [-0.2, -0.15) is 13.2 Å². The summed E-state index contributed by atoms with van der Waals surface area (Å²) in [5.41, 5.74) is 0. The zero-order valence-electron chi connectivity index (χ0n) is 10.3. The average molecular weight is 253 g/mol. The number of nitrogens with zero attached hydrogens (tertiary/aromatic N) is 1. The predicted molar refractivity (Wildman–Crippen MR) is 60.8 cm³/mol. The molecule has 0 aromatic carbocycles. The minimum atomic E-state index is -4.49. The number of aliphatic hydroxyl groups excluding tert-OH is 1. The third-order valence-electron chi connectivity index (χ3n) is 3.38. The monoisotopic (exact) mass is 253 g/mol. The molecule has 5 heteroatoms. The van der Waals surface area contributed by atoms with Crippen LogP contribution in [0.2, 0.25) is 0 Å². The van der Waals surface area contributed by atoms with Gasteiger partial charge in [0.15, 0.2) is 6.10 Å². The van der Waals surface area contributed by atoms with Gasteiger partial charge in [-0.3, -0.25) is 0 Å². The molecular formula is C12H22F3NO. The van der Waals surface area contributed by atoms with Gasteiger partial charge < -0.3 is 10.0 Å². The van der Waals surface area contributed by atoms with Crippen molar-refractivity contribution in [2.24, 2.45) is 5.92 Å². The SMILES string of the molecule is CCCC(CN1CCCCC1)C(O)C(F)(F)F. The van der Waals surface area contributed by atoms with Gasteiger partial charge in [0.1, 0.15) is 0 Å². The van der Waals surface area contributed by atoms with Crippen molar-refractivity contribution >= 4 is 0 Å². The van der Waals surface area contributed by atoms with Gasteiger partial charge in [-0.25, -0.2) is 0 Å². The molecule has 0 amide bonds. The highest BCUT2D eigenvalue weighted by molar-refractivity contribution is 4.79. The van der Waals surface area contributed by atoms with Gasteiger partial charge >= 0.3 is 6.18 Å². The van der Waals surface area contributed by atoms with Crippen LogP contribution in [-0.4, -0.2) is 41.9 Å². The Kier molecular flexibility index (Phi) is 5.73. The molecule has 102 valence electrons. The van der Waals surface area contributed by atoms with Crippen LogP contribution >= 0.6 is 0 Å². The fraction of sp³-hybridized carbons (Fsp3) is 1.00. The Hall–Kier alpha value is -0.290. The fourth-order valence-electron chi connectivity index (χ4n) is 2.46. The Morgan fingerprint density at radius 2 is 1.76 bits per heavy atom.